The molecule has 1 saturated heterocycles. The third-order valence-corrected chi connectivity index (χ3v) is 6.69. The highest BCUT2D eigenvalue weighted by Gasteiger charge is 2.28. The van der Waals surface area contributed by atoms with Crippen molar-refractivity contribution < 1.29 is 22.6 Å². The molecule has 1 fully saturated rings. The number of hydrogen-bond acceptors (Lipinski definition) is 6. The molecule has 178 valence electrons. The number of rotatable bonds is 9. The average molecular weight is 570 g/mol. The van der Waals surface area contributed by atoms with Gasteiger partial charge in [0.2, 0.25) is 10.0 Å². The highest BCUT2D eigenvalue weighted by atomic mass is 127. The molecule has 1 N–H and O–H groups in total. The van der Waals surface area contributed by atoms with Gasteiger partial charge in [0.05, 0.1) is 32.7 Å². The Hall–Kier alpha value is -1.31. The second kappa shape index (κ2) is 13.3. The normalized spacial score (nSPS) is 15.5. The number of para-hydroxylation sites is 1. The molecule has 1 heterocycles. The zero-order valence-corrected chi connectivity index (χ0v) is 22.1. The number of nitrogens with zero attached hydrogens (tertiary/aromatic N) is 3. The van der Waals surface area contributed by atoms with Crippen LogP contribution in [0, 0.1) is 0 Å². The SMILES string of the molecule is CN=C(NCc1cccc(OC)c1OC)N1CCN(S(=O)(=O)CCOC(C)C)CC1.I. The van der Waals surface area contributed by atoms with Crippen LogP contribution in [0.4, 0.5) is 0 Å². The molecule has 0 spiro atoms. The molecule has 0 unspecified atom stereocenters. The molecule has 0 aromatic heterocycles. The molecule has 11 heteroatoms. The van der Waals surface area contributed by atoms with Crippen molar-refractivity contribution in [3.8, 4) is 11.5 Å². The molecule has 0 bridgehead atoms. The van der Waals surface area contributed by atoms with Crippen LogP contribution in [0.2, 0.25) is 0 Å². The number of ether oxygens (including phenoxy) is 3. The van der Waals surface area contributed by atoms with Crippen LogP contribution < -0.4 is 14.8 Å². The molecule has 0 amide bonds. The van der Waals surface area contributed by atoms with E-state index in [-0.39, 0.29) is 42.4 Å². The summed E-state index contributed by atoms with van der Waals surface area (Å²) in [5, 5.41) is 3.33. The predicted molar refractivity (Wildman–Crippen MR) is 133 cm³/mol. The zero-order chi connectivity index (χ0) is 22.1. The van der Waals surface area contributed by atoms with Crippen molar-refractivity contribution in [2.45, 2.75) is 26.5 Å². The summed E-state index contributed by atoms with van der Waals surface area (Å²) in [6, 6.07) is 5.72. The van der Waals surface area contributed by atoms with Crippen LogP contribution in [-0.2, 0) is 21.3 Å². The van der Waals surface area contributed by atoms with Gasteiger partial charge in [-0.05, 0) is 19.9 Å². The van der Waals surface area contributed by atoms with Crippen molar-refractivity contribution in [3.63, 3.8) is 0 Å². The lowest BCUT2D eigenvalue weighted by Crippen LogP contribution is -2.54. The molecule has 0 saturated carbocycles. The van der Waals surface area contributed by atoms with Crippen molar-refractivity contribution in [3.05, 3.63) is 23.8 Å². The van der Waals surface area contributed by atoms with Gasteiger partial charge in [-0.15, -0.1) is 24.0 Å². The molecular weight excluding hydrogens is 535 g/mol. The highest BCUT2D eigenvalue weighted by Crippen LogP contribution is 2.30. The van der Waals surface area contributed by atoms with Crippen molar-refractivity contribution in [1.82, 2.24) is 14.5 Å². The van der Waals surface area contributed by atoms with Gasteiger partial charge in [-0.1, -0.05) is 12.1 Å². The van der Waals surface area contributed by atoms with Gasteiger partial charge in [0.25, 0.3) is 0 Å². The first-order valence-corrected chi connectivity index (χ1v) is 11.7. The van der Waals surface area contributed by atoms with Gasteiger partial charge in [0.15, 0.2) is 17.5 Å². The van der Waals surface area contributed by atoms with Gasteiger partial charge in [0.1, 0.15) is 0 Å². The summed E-state index contributed by atoms with van der Waals surface area (Å²) >= 11 is 0. The van der Waals surface area contributed by atoms with Crippen LogP contribution in [0.25, 0.3) is 0 Å². The second-order valence-electron chi connectivity index (χ2n) is 7.18. The first-order chi connectivity index (χ1) is 14.3. The number of benzene rings is 1. The Morgan fingerprint density at radius 1 is 1.16 bits per heavy atom. The van der Waals surface area contributed by atoms with E-state index >= 15 is 0 Å². The summed E-state index contributed by atoms with van der Waals surface area (Å²) in [5.41, 5.74) is 0.948. The molecule has 2 rings (SSSR count). The van der Waals surface area contributed by atoms with Crippen LogP contribution in [-0.4, -0.2) is 89.5 Å². The summed E-state index contributed by atoms with van der Waals surface area (Å²) in [6.07, 6.45) is 0.0228. The van der Waals surface area contributed by atoms with E-state index in [1.165, 1.54) is 4.31 Å². The minimum absolute atomic E-state index is 0. The Labute approximate surface area is 203 Å². The number of sulfonamides is 1. The molecule has 31 heavy (non-hydrogen) atoms. The number of halogens is 1. The molecule has 0 radical (unpaired) electrons. The van der Waals surface area contributed by atoms with E-state index in [4.69, 9.17) is 14.2 Å². The number of methoxy groups -OCH3 is 2. The van der Waals surface area contributed by atoms with E-state index in [1.54, 1.807) is 21.3 Å². The van der Waals surface area contributed by atoms with Crippen LogP contribution in [0.1, 0.15) is 19.4 Å². The third-order valence-electron chi connectivity index (χ3n) is 4.86. The summed E-state index contributed by atoms with van der Waals surface area (Å²) in [6.45, 7) is 6.50. The summed E-state index contributed by atoms with van der Waals surface area (Å²) in [5.74, 6) is 2.09. The third kappa shape index (κ3) is 7.95. The molecule has 0 atom stereocenters. The van der Waals surface area contributed by atoms with Crippen molar-refractivity contribution in [1.29, 1.82) is 0 Å². The lowest BCUT2D eigenvalue weighted by molar-refractivity contribution is 0.0904. The number of guanidine groups is 1. The smallest absolute Gasteiger partial charge is 0.216 e. The Kier molecular flexibility index (Phi) is 11.9. The maximum atomic E-state index is 12.5. The number of nitrogens with one attached hydrogen (secondary N) is 1. The summed E-state index contributed by atoms with van der Waals surface area (Å²) in [4.78, 5) is 6.41. The van der Waals surface area contributed by atoms with Gasteiger partial charge in [-0.2, -0.15) is 4.31 Å². The van der Waals surface area contributed by atoms with Gasteiger partial charge in [0, 0.05) is 45.3 Å². The van der Waals surface area contributed by atoms with Crippen molar-refractivity contribution >= 4 is 40.0 Å². The molecule has 9 nitrogen and oxygen atoms in total. The Bertz CT molecular complexity index is 812. The predicted octanol–water partition coefficient (Wildman–Crippen LogP) is 1.77. The maximum absolute atomic E-state index is 12.5. The fourth-order valence-electron chi connectivity index (χ4n) is 3.30. The van der Waals surface area contributed by atoms with Crippen LogP contribution in [0.15, 0.2) is 23.2 Å². The number of piperazine rings is 1. The lowest BCUT2D eigenvalue weighted by atomic mass is 10.2. The van der Waals surface area contributed by atoms with E-state index in [1.807, 2.05) is 32.0 Å². The average Bonchev–Trinajstić information content (AvgIpc) is 2.73. The Balaban J connectivity index is 0.00000480. The van der Waals surface area contributed by atoms with E-state index in [2.05, 4.69) is 15.2 Å². The van der Waals surface area contributed by atoms with Crippen molar-refractivity contribution in [2.24, 2.45) is 4.99 Å². The van der Waals surface area contributed by atoms with E-state index in [0.29, 0.717) is 44.2 Å². The minimum atomic E-state index is -3.32. The van der Waals surface area contributed by atoms with Gasteiger partial charge in [-0.25, -0.2) is 8.42 Å². The summed E-state index contributed by atoms with van der Waals surface area (Å²) in [7, 11) is 1.62. The van der Waals surface area contributed by atoms with Crippen molar-refractivity contribution in [2.75, 3.05) is 59.8 Å². The van der Waals surface area contributed by atoms with Gasteiger partial charge in [-0.3, -0.25) is 4.99 Å². The number of hydrogen-bond donors (Lipinski definition) is 1. The topological polar surface area (TPSA) is 92.7 Å². The van der Waals surface area contributed by atoms with E-state index < -0.39 is 10.0 Å². The molecular formula is C20H35IN4O5S. The quantitative estimate of drug-likeness (QED) is 0.275. The second-order valence-corrected chi connectivity index (χ2v) is 9.26. The number of aliphatic imine (C=N–C) groups is 1. The van der Waals surface area contributed by atoms with Gasteiger partial charge < -0.3 is 24.4 Å². The monoisotopic (exact) mass is 570 g/mol. The first-order valence-electron chi connectivity index (χ1n) is 10.1. The Morgan fingerprint density at radius 3 is 2.39 bits per heavy atom. The first kappa shape index (κ1) is 27.7. The highest BCUT2D eigenvalue weighted by molar-refractivity contribution is 14.0. The van der Waals surface area contributed by atoms with Crippen LogP contribution >= 0.6 is 24.0 Å². The van der Waals surface area contributed by atoms with Gasteiger partial charge >= 0.3 is 0 Å². The molecule has 1 aromatic rings. The standard InChI is InChI=1S/C20H34N4O5S.HI/c1-16(2)29-13-14-30(25,26)24-11-9-23(10-12-24)20(21-3)22-15-17-7-6-8-18(27-4)19(17)28-5;/h6-8,16H,9-15H2,1-5H3,(H,21,22);1H. The fourth-order valence-corrected chi connectivity index (χ4v) is 4.58. The largest absolute Gasteiger partial charge is 0.493 e. The molecule has 1 aromatic carbocycles. The Morgan fingerprint density at radius 2 is 1.84 bits per heavy atom. The molecule has 1 aliphatic rings. The minimum Gasteiger partial charge on any atom is -0.493 e. The van der Waals surface area contributed by atoms with Crippen LogP contribution in [0.5, 0.6) is 11.5 Å². The van der Waals surface area contributed by atoms with Crippen LogP contribution in [0.3, 0.4) is 0 Å². The summed E-state index contributed by atoms with van der Waals surface area (Å²) < 4.78 is 42.8. The lowest BCUT2D eigenvalue weighted by Gasteiger charge is -2.36. The zero-order valence-electron chi connectivity index (χ0n) is 19.0. The molecule has 0 aliphatic carbocycles. The molecule has 1 aliphatic heterocycles. The van der Waals surface area contributed by atoms with E-state index in [9.17, 15) is 8.42 Å². The fraction of sp³-hybridized carbons (Fsp3) is 0.650. The maximum Gasteiger partial charge on any atom is 0.216 e. The van der Waals surface area contributed by atoms with E-state index in [0.717, 1.165) is 11.5 Å².